The lowest BCUT2D eigenvalue weighted by atomic mass is 9.96. The minimum atomic E-state index is -0.291. The first kappa shape index (κ1) is 28.4. The Morgan fingerprint density at radius 3 is 2.68 bits per heavy atom. The predicted octanol–water partition coefficient (Wildman–Crippen LogP) is 5.77. The Labute approximate surface area is 241 Å². The summed E-state index contributed by atoms with van der Waals surface area (Å²) in [6.45, 7) is 3.78. The van der Waals surface area contributed by atoms with Crippen molar-refractivity contribution >= 4 is 28.5 Å². The highest BCUT2D eigenvalue weighted by Crippen LogP contribution is 2.33. The molecule has 1 amide bonds. The van der Waals surface area contributed by atoms with Crippen molar-refractivity contribution in [3.8, 4) is 11.4 Å². The first-order valence-corrected chi connectivity index (χ1v) is 14.5. The Hall–Kier alpha value is -4.11. The maximum Gasteiger partial charge on any atom is 0.407 e. The van der Waals surface area contributed by atoms with Gasteiger partial charge in [-0.3, -0.25) is 0 Å². The van der Waals surface area contributed by atoms with E-state index in [-0.39, 0.29) is 6.09 Å². The number of ether oxygens (including phenoxy) is 2. The number of methoxy groups -OCH3 is 1. The van der Waals surface area contributed by atoms with Crippen LogP contribution < -0.4 is 15.1 Å². The fourth-order valence-corrected chi connectivity index (χ4v) is 5.37. The van der Waals surface area contributed by atoms with Crippen LogP contribution in [0.2, 0.25) is 0 Å². The van der Waals surface area contributed by atoms with Gasteiger partial charge in [0.1, 0.15) is 6.61 Å². The normalized spacial score (nSPS) is 15.2. The van der Waals surface area contributed by atoms with E-state index in [1.165, 1.54) is 19.3 Å². The highest BCUT2D eigenvalue weighted by Gasteiger charge is 2.23. The molecule has 1 saturated carbocycles. The van der Waals surface area contributed by atoms with Gasteiger partial charge in [-0.1, -0.05) is 61.7 Å². The molecule has 2 aromatic carbocycles. The van der Waals surface area contributed by atoms with E-state index < -0.39 is 0 Å². The average Bonchev–Trinajstić information content (AvgIpc) is 3.50. The molecular weight excluding hydrogens is 516 g/mol. The van der Waals surface area contributed by atoms with Crippen LogP contribution in [0.3, 0.4) is 0 Å². The van der Waals surface area contributed by atoms with Crippen molar-refractivity contribution in [1.29, 1.82) is 0 Å². The second-order valence-corrected chi connectivity index (χ2v) is 10.6. The minimum Gasteiger partial charge on any atom is -0.445 e. The number of likely N-dealkylation sites (N-methyl/N-ethyl adjacent to an activating group) is 1. The Morgan fingerprint density at radius 1 is 1.05 bits per heavy atom. The third-order valence-electron chi connectivity index (χ3n) is 7.71. The number of alkyl carbamates (subject to hydrolysis) is 1. The Bertz CT molecular complexity index is 1400. The zero-order chi connectivity index (χ0) is 28.4. The van der Waals surface area contributed by atoms with Crippen LogP contribution in [0.15, 0.2) is 67.0 Å². The van der Waals surface area contributed by atoms with Gasteiger partial charge in [0.05, 0.1) is 18.5 Å². The number of carbonyl (C=O) groups is 1. The van der Waals surface area contributed by atoms with E-state index in [2.05, 4.69) is 50.3 Å². The standard InChI is InChI=1S/C18H21N5O.C14H19NO2/c1-22-8-9-23(10-11-24-2)18-16(22)12-20-17(21-18)14-4-3-5-15-13(14)6-7-19-15;16-14(15-13-9-5-2-6-10-13)17-11-12-7-3-1-4-8-12/h3-7,12,19H,8-11H2,1-2H3;1,3-4,7-8,13H,2,5-6,9-11H2,(H,15,16). The summed E-state index contributed by atoms with van der Waals surface area (Å²) >= 11 is 0. The second kappa shape index (κ2) is 14.0. The lowest BCUT2D eigenvalue weighted by Gasteiger charge is -2.35. The molecule has 0 saturated heterocycles. The topological polar surface area (TPSA) is 95.6 Å². The number of aromatic amines is 1. The summed E-state index contributed by atoms with van der Waals surface area (Å²) in [5.41, 5.74) is 4.24. The summed E-state index contributed by atoms with van der Waals surface area (Å²) in [7, 11) is 3.82. The highest BCUT2D eigenvalue weighted by molar-refractivity contribution is 5.93. The zero-order valence-electron chi connectivity index (χ0n) is 24.0. The highest BCUT2D eigenvalue weighted by atomic mass is 16.5. The van der Waals surface area contributed by atoms with Gasteiger partial charge in [0.2, 0.25) is 0 Å². The second-order valence-electron chi connectivity index (χ2n) is 10.6. The monoisotopic (exact) mass is 556 g/mol. The molecule has 3 heterocycles. The molecule has 9 nitrogen and oxygen atoms in total. The number of anilines is 2. The maximum absolute atomic E-state index is 11.6. The van der Waals surface area contributed by atoms with Crippen LogP contribution in [0.4, 0.5) is 16.3 Å². The first-order valence-electron chi connectivity index (χ1n) is 14.5. The van der Waals surface area contributed by atoms with Gasteiger partial charge in [-0.05, 0) is 30.5 Å². The molecular formula is C32H40N6O3. The van der Waals surface area contributed by atoms with Crippen LogP contribution >= 0.6 is 0 Å². The number of carbonyl (C=O) groups excluding carboxylic acids is 1. The predicted molar refractivity (Wildman–Crippen MR) is 163 cm³/mol. The van der Waals surface area contributed by atoms with Crippen LogP contribution in [0.5, 0.6) is 0 Å². The molecule has 2 aliphatic rings. The van der Waals surface area contributed by atoms with Gasteiger partial charge < -0.3 is 29.6 Å². The van der Waals surface area contributed by atoms with Crippen LogP contribution in [-0.4, -0.2) is 67.5 Å². The number of nitrogens with one attached hydrogen (secondary N) is 2. The van der Waals surface area contributed by atoms with Crippen LogP contribution in [0, 0.1) is 0 Å². The lowest BCUT2D eigenvalue weighted by Crippen LogP contribution is -2.41. The van der Waals surface area contributed by atoms with Gasteiger partial charge in [-0.15, -0.1) is 0 Å². The quantitative estimate of drug-likeness (QED) is 0.298. The summed E-state index contributed by atoms with van der Waals surface area (Å²) in [5.74, 6) is 1.75. The number of benzene rings is 2. The number of fused-ring (bicyclic) bond motifs is 2. The number of rotatable bonds is 7. The summed E-state index contributed by atoms with van der Waals surface area (Å²) in [4.78, 5) is 28.8. The summed E-state index contributed by atoms with van der Waals surface area (Å²) in [6, 6.07) is 18.3. The smallest absolute Gasteiger partial charge is 0.407 e. The lowest BCUT2D eigenvalue weighted by molar-refractivity contribution is 0.133. The minimum absolute atomic E-state index is 0.291. The molecule has 1 aliphatic heterocycles. The third-order valence-corrected chi connectivity index (χ3v) is 7.71. The van der Waals surface area contributed by atoms with Crippen molar-refractivity contribution in [3.05, 3.63) is 72.6 Å². The van der Waals surface area contributed by atoms with Gasteiger partial charge in [0, 0.05) is 62.5 Å². The van der Waals surface area contributed by atoms with E-state index in [0.717, 1.165) is 71.8 Å². The van der Waals surface area contributed by atoms with E-state index in [1.807, 2.05) is 48.8 Å². The van der Waals surface area contributed by atoms with Gasteiger partial charge in [0.25, 0.3) is 0 Å². The average molecular weight is 557 g/mol. The molecule has 1 fully saturated rings. The van der Waals surface area contributed by atoms with Gasteiger partial charge in [-0.2, -0.15) is 0 Å². The van der Waals surface area contributed by atoms with E-state index in [0.29, 0.717) is 19.3 Å². The molecule has 41 heavy (non-hydrogen) atoms. The number of amides is 1. The Balaban J connectivity index is 0.000000175. The number of aromatic nitrogens is 3. The zero-order valence-corrected chi connectivity index (χ0v) is 24.0. The maximum atomic E-state index is 11.6. The largest absolute Gasteiger partial charge is 0.445 e. The van der Waals surface area contributed by atoms with Crippen molar-refractivity contribution in [2.75, 3.05) is 50.2 Å². The number of nitrogens with zero attached hydrogens (tertiary/aromatic N) is 4. The molecule has 0 spiro atoms. The molecule has 0 unspecified atom stereocenters. The van der Waals surface area contributed by atoms with E-state index in [4.69, 9.17) is 14.5 Å². The molecule has 4 aromatic rings. The van der Waals surface area contributed by atoms with Crippen LogP contribution in [0.25, 0.3) is 22.3 Å². The summed E-state index contributed by atoms with van der Waals surface area (Å²) in [6.07, 6.45) is 9.47. The van der Waals surface area contributed by atoms with Crippen molar-refractivity contribution in [1.82, 2.24) is 20.3 Å². The fourth-order valence-electron chi connectivity index (χ4n) is 5.37. The Kier molecular flexibility index (Phi) is 9.69. The molecule has 9 heteroatoms. The molecule has 2 aromatic heterocycles. The van der Waals surface area contributed by atoms with E-state index in [9.17, 15) is 4.79 Å². The summed E-state index contributed by atoms with van der Waals surface area (Å²) < 4.78 is 10.4. The van der Waals surface area contributed by atoms with Crippen LogP contribution in [0.1, 0.15) is 37.7 Å². The molecule has 0 atom stereocenters. The van der Waals surface area contributed by atoms with Gasteiger partial charge in [-0.25, -0.2) is 14.8 Å². The third kappa shape index (κ3) is 7.35. The van der Waals surface area contributed by atoms with Crippen LogP contribution in [-0.2, 0) is 16.1 Å². The number of hydrogen-bond donors (Lipinski definition) is 2. The van der Waals surface area contributed by atoms with Gasteiger partial charge >= 0.3 is 6.09 Å². The molecule has 6 rings (SSSR count). The molecule has 0 radical (unpaired) electrons. The van der Waals surface area contributed by atoms with Crippen molar-refractivity contribution in [3.63, 3.8) is 0 Å². The van der Waals surface area contributed by atoms with Gasteiger partial charge in [0.15, 0.2) is 11.6 Å². The molecule has 1 aliphatic carbocycles. The number of hydrogen-bond acceptors (Lipinski definition) is 7. The van der Waals surface area contributed by atoms with E-state index in [1.54, 1.807) is 7.11 Å². The molecule has 0 bridgehead atoms. The fraction of sp³-hybridized carbons (Fsp3) is 0.406. The van der Waals surface area contributed by atoms with Crippen molar-refractivity contribution in [2.24, 2.45) is 0 Å². The first-order chi connectivity index (χ1) is 20.1. The number of H-pyrrole nitrogens is 1. The van der Waals surface area contributed by atoms with Crippen molar-refractivity contribution < 1.29 is 14.3 Å². The molecule has 2 N–H and O–H groups in total. The Morgan fingerprint density at radius 2 is 1.88 bits per heavy atom. The van der Waals surface area contributed by atoms with E-state index >= 15 is 0 Å². The summed E-state index contributed by atoms with van der Waals surface area (Å²) in [5, 5.41) is 4.07. The van der Waals surface area contributed by atoms with Crippen molar-refractivity contribution in [2.45, 2.75) is 44.8 Å². The SMILES string of the molecule is COCCN1CCN(C)c2cnc(-c3cccc4[nH]ccc34)nc21.O=C(NC1CCCCC1)OCc1ccccc1. The molecule has 216 valence electrons.